The van der Waals surface area contributed by atoms with Gasteiger partial charge in [-0.3, -0.25) is 4.68 Å². The van der Waals surface area contributed by atoms with Gasteiger partial charge >= 0.3 is 0 Å². The molecule has 0 radical (unpaired) electrons. The number of hydrogen-bond acceptors (Lipinski definition) is 3. The third kappa shape index (κ3) is 2.56. The van der Waals surface area contributed by atoms with E-state index in [1.807, 2.05) is 29.2 Å². The first-order chi connectivity index (χ1) is 7.38. The van der Waals surface area contributed by atoms with Gasteiger partial charge in [-0.15, -0.1) is 0 Å². The van der Waals surface area contributed by atoms with Gasteiger partial charge in [-0.2, -0.15) is 5.10 Å². The van der Waals surface area contributed by atoms with Gasteiger partial charge in [0.15, 0.2) is 0 Å². The van der Waals surface area contributed by atoms with E-state index in [0.29, 0.717) is 0 Å². The molecule has 2 rings (SSSR count). The van der Waals surface area contributed by atoms with E-state index in [1.165, 1.54) is 0 Å². The summed E-state index contributed by atoms with van der Waals surface area (Å²) in [6, 6.07) is 5.97. The van der Waals surface area contributed by atoms with E-state index in [2.05, 4.69) is 28.4 Å². The topological polar surface area (TPSA) is 42.7 Å². The number of hydrogen-bond donors (Lipinski definition) is 1. The molecular weight excluding hydrogens is 188 g/mol. The van der Waals surface area contributed by atoms with Crippen molar-refractivity contribution >= 4 is 5.82 Å². The Kier molecular flexibility index (Phi) is 2.97. The van der Waals surface area contributed by atoms with Crippen LogP contribution in [0.5, 0.6) is 0 Å². The first-order valence-corrected chi connectivity index (χ1v) is 5.04. The minimum atomic E-state index is 0.770. The second kappa shape index (κ2) is 4.59. The number of pyridine rings is 1. The molecular formula is C11H14N4. The van der Waals surface area contributed by atoms with Gasteiger partial charge in [0.1, 0.15) is 5.82 Å². The Bertz CT molecular complexity index is 391. The summed E-state index contributed by atoms with van der Waals surface area (Å²) in [4.78, 5) is 4.30. The second-order valence-corrected chi connectivity index (χ2v) is 3.29. The molecule has 0 atom stereocenters. The first-order valence-electron chi connectivity index (χ1n) is 5.04. The Hall–Kier alpha value is -1.84. The van der Waals surface area contributed by atoms with Crippen molar-refractivity contribution in [1.82, 2.24) is 14.8 Å². The summed E-state index contributed by atoms with van der Waals surface area (Å²) in [5.41, 5.74) is 1.15. The van der Waals surface area contributed by atoms with Crippen molar-refractivity contribution in [1.29, 1.82) is 0 Å². The lowest BCUT2D eigenvalue weighted by Crippen LogP contribution is -2.02. The molecule has 0 spiro atoms. The number of nitrogens with one attached hydrogen (secondary N) is 1. The number of anilines is 1. The average molecular weight is 202 g/mol. The lowest BCUT2D eigenvalue weighted by atomic mass is 10.3. The average Bonchev–Trinajstić information content (AvgIpc) is 2.74. The predicted octanol–water partition coefficient (Wildman–Crippen LogP) is 1.76. The highest BCUT2D eigenvalue weighted by Crippen LogP contribution is 2.05. The summed E-state index contributed by atoms with van der Waals surface area (Å²) < 4.78 is 1.88. The summed E-state index contributed by atoms with van der Waals surface area (Å²) in [5, 5.41) is 7.30. The highest BCUT2D eigenvalue weighted by atomic mass is 15.3. The highest BCUT2D eigenvalue weighted by molar-refractivity contribution is 5.35. The Balaban J connectivity index is 2.04. The van der Waals surface area contributed by atoms with E-state index in [9.17, 15) is 0 Å². The molecule has 0 aliphatic heterocycles. The van der Waals surface area contributed by atoms with Crippen LogP contribution in [-0.2, 0) is 6.54 Å². The maximum absolute atomic E-state index is 4.30. The lowest BCUT2D eigenvalue weighted by molar-refractivity contribution is 0.685. The molecule has 4 nitrogen and oxygen atoms in total. The van der Waals surface area contributed by atoms with Gasteiger partial charge in [0, 0.05) is 25.1 Å². The van der Waals surface area contributed by atoms with Gasteiger partial charge in [0.05, 0.1) is 6.54 Å². The highest BCUT2D eigenvalue weighted by Gasteiger charge is 1.96. The third-order valence-electron chi connectivity index (χ3n) is 2.09. The molecule has 0 saturated carbocycles. The molecule has 15 heavy (non-hydrogen) atoms. The number of aromatic nitrogens is 3. The summed E-state index contributed by atoms with van der Waals surface area (Å²) in [7, 11) is 0. The zero-order chi connectivity index (χ0) is 10.5. The molecule has 0 aliphatic carbocycles. The summed E-state index contributed by atoms with van der Waals surface area (Å²) in [6.07, 6.45) is 5.60. The Morgan fingerprint density at radius 1 is 1.40 bits per heavy atom. The molecule has 4 heteroatoms. The molecule has 0 amide bonds. The molecule has 2 aromatic heterocycles. The third-order valence-corrected chi connectivity index (χ3v) is 2.09. The van der Waals surface area contributed by atoms with Crippen molar-refractivity contribution in [3.63, 3.8) is 0 Å². The largest absolute Gasteiger partial charge is 0.370 e. The maximum atomic E-state index is 4.30. The van der Waals surface area contributed by atoms with Crippen molar-refractivity contribution in [2.75, 3.05) is 11.9 Å². The van der Waals surface area contributed by atoms with Gasteiger partial charge in [-0.05, 0) is 24.6 Å². The Morgan fingerprint density at radius 2 is 2.33 bits per heavy atom. The minimum Gasteiger partial charge on any atom is -0.370 e. The van der Waals surface area contributed by atoms with Crippen LogP contribution in [-0.4, -0.2) is 21.3 Å². The molecule has 2 heterocycles. The van der Waals surface area contributed by atoms with Gasteiger partial charge in [-0.1, -0.05) is 6.07 Å². The minimum absolute atomic E-state index is 0.770. The standard InChI is InChI=1S/C11H14N4/c1-2-12-11-5-4-10(8-13-11)9-15-7-3-6-14-15/h3-8H,2,9H2,1H3,(H,12,13). The second-order valence-electron chi connectivity index (χ2n) is 3.29. The van der Waals surface area contributed by atoms with Crippen LogP contribution in [0, 0.1) is 0 Å². The summed E-state index contributed by atoms with van der Waals surface area (Å²) in [5.74, 6) is 0.918. The maximum Gasteiger partial charge on any atom is 0.125 e. The molecule has 0 bridgehead atoms. The van der Waals surface area contributed by atoms with Crippen LogP contribution >= 0.6 is 0 Å². The molecule has 78 valence electrons. The van der Waals surface area contributed by atoms with Gasteiger partial charge in [0.2, 0.25) is 0 Å². The quantitative estimate of drug-likeness (QED) is 0.821. The van der Waals surface area contributed by atoms with Crippen LogP contribution in [0.4, 0.5) is 5.82 Å². The van der Waals surface area contributed by atoms with Crippen LogP contribution in [0.15, 0.2) is 36.8 Å². The molecule has 1 N–H and O–H groups in total. The smallest absolute Gasteiger partial charge is 0.125 e. The fourth-order valence-electron chi connectivity index (χ4n) is 1.38. The predicted molar refractivity (Wildman–Crippen MR) is 59.7 cm³/mol. The summed E-state index contributed by atoms with van der Waals surface area (Å²) >= 11 is 0. The van der Waals surface area contributed by atoms with Gasteiger partial charge in [-0.25, -0.2) is 4.98 Å². The van der Waals surface area contributed by atoms with Crippen molar-refractivity contribution in [3.8, 4) is 0 Å². The van der Waals surface area contributed by atoms with Gasteiger partial charge in [0.25, 0.3) is 0 Å². The monoisotopic (exact) mass is 202 g/mol. The van der Waals surface area contributed by atoms with E-state index in [4.69, 9.17) is 0 Å². The molecule has 0 aliphatic rings. The van der Waals surface area contributed by atoms with E-state index in [1.54, 1.807) is 6.20 Å². The first kappa shape index (κ1) is 9.71. The number of nitrogens with zero attached hydrogens (tertiary/aromatic N) is 3. The van der Waals surface area contributed by atoms with Crippen LogP contribution in [0.2, 0.25) is 0 Å². The molecule has 0 aromatic carbocycles. The zero-order valence-electron chi connectivity index (χ0n) is 8.72. The summed E-state index contributed by atoms with van der Waals surface area (Å²) in [6.45, 7) is 3.72. The number of rotatable bonds is 4. The SMILES string of the molecule is CCNc1ccc(Cn2cccn2)cn1. The van der Waals surface area contributed by atoms with Crippen molar-refractivity contribution in [3.05, 3.63) is 42.4 Å². The molecule has 0 unspecified atom stereocenters. The van der Waals surface area contributed by atoms with Crippen LogP contribution in [0.25, 0.3) is 0 Å². The fraction of sp³-hybridized carbons (Fsp3) is 0.273. The van der Waals surface area contributed by atoms with Crippen molar-refractivity contribution in [2.45, 2.75) is 13.5 Å². The van der Waals surface area contributed by atoms with E-state index >= 15 is 0 Å². The van der Waals surface area contributed by atoms with E-state index in [-0.39, 0.29) is 0 Å². The van der Waals surface area contributed by atoms with Crippen molar-refractivity contribution < 1.29 is 0 Å². The fourth-order valence-corrected chi connectivity index (χ4v) is 1.38. The Labute approximate surface area is 89.0 Å². The zero-order valence-corrected chi connectivity index (χ0v) is 8.72. The van der Waals surface area contributed by atoms with E-state index < -0.39 is 0 Å². The lowest BCUT2D eigenvalue weighted by Gasteiger charge is -2.04. The van der Waals surface area contributed by atoms with Gasteiger partial charge < -0.3 is 5.32 Å². The normalized spacial score (nSPS) is 10.2. The van der Waals surface area contributed by atoms with Crippen molar-refractivity contribution in [2.24, 2.45) is 0 Å². The van der Waals surface area contributed by atoms with Crippen LogP contribution < -0.4 is 5.32 Å². The molecule has 0 fully saturated rings. The Morgan fingerprint density at radius 3 is 2.93 bits per heavy atom. The van der Waals surface area contributed by atoms with Crippen LogP contribution in [0.1, 0.15) is 12.5 Å². The van der Waals surface area contributed by atoms with Crippen LogP contribution in [0.3, 0.4) is 0 Å². The van der Waals surface area contributed by atoms with E-state index in [0.717, 1.165) is 24.5 Å². The molecule has 0 saturated heterocycles. The molecule has 2 aromatic rings.